The van der Waals surface area contributed by atoms with Crippen LogP contribution in [-0.2, 0) is 4.74 Å². The van der Waals surface area contributed by atoms with Crippen LogP contribution in [0, 0.1) is 12.3 Å². The molecule has 0 radical (unpaired) electrons. The second-order valence-corrected chi connectivity index (χ2v) is 6.84. The third-order valence-electron chi connectivity index (χ3n) is 5.16. The number of carbonyl (C=O) groups is 1. The van der Waals surface area contributed by atoms with E-state index in [4.69, 9.17) is 11.2 Å². The lowest BCUT2D eigenvalue weighted by atomic mass is 9.98. The molecule has 138 valence electrons. The highest BCUT2D eigenvalue weighted by Crippen LogP contribution is 2.44. The summed E-state index contributed by atoms with van der Waals surface area (Å²) in [5.74, 6) is 2.67. The lowest BCUT2D eigenvalue weighted by Gasteiger charge is -2.19. The Morgan fingerprint density at radius 1 is 0.929 bits per heavy atom. The number of fused-ring (bicyclic) bond motifs is 3. The minimum atomic E-state index is -0.453. The molecule has 0 fully saturated rings. The van der Waals surface area contributed by atoms with Crippen molar-refractivity contribution in [3.8, 4) is 23.5 Å². The highest BCUT2D eigenvalue weighted by Gasteiger charge is 2.29. The fourth-order valence-electron chi connectivity index (χ4n) is 3.84. The van der Waals surface area contributed by atoms with Crippen LogP contribution in [0.4, 0.5) is 4.79 Å². The van der Waals surface area contributed by atoms with E-state index in [9.17, 15) is 4.79 Å². The predicted molar refractivity (Wildman–Crippen MR) is 111 cm³/mol. The van der Waals surface area contributed by atoms with Crippen LogP contribution < -0.4 is 5.32 Å². The molecule has 3 aromatic carbocycles. The minimum Gasteiger partial charge on any atom is -0.449 e. The normalized spacial score (nSPS) is 13.1. The van der Waals surface area contributed by atoms with Crippen molar-refractivity contribution in [1.29, 1.82) is 0 Å². The maximum Gasteiger partial charge on any atom is 0.407 e. The van der Waals surface area contributed by atoms with E-state index in [1.54, 1.807) is 0 Å². The van der Waals surface area contributed by atoms with Crippen LogP contribution in [0.1, 0.15) is 35.1 Å². The monoisotopic (exact) mass is 367 g/mol. The lowest BCUT2D eigenvalue weighted by molar-refractivity contribution is 0.139. The Kier molecular flexibility index (Phi) is 5.12. The van der Waals surface area contributed by atoms with Crippen molar-refractivity contribution >= 4 is 6.09 Å². The predicted octanol–water partition coefficient (Wildman–Crippen LogP) is 5.29. The van der Waals surface area contributed by atoms with Gasteiger partial charge >= 0.3 is 6.09 Å². The molecule has 1 atom stereocenters. The van der Waals surface area contributed by atoms with E-state index < -0.39 is 6.09 Å². The lowest BCUT2D eigenvalue weighted by Crippen LogP contribution is -2.30. The van der Waals surface area contributed by atoms with Crippen LogP contribution in [0.15, 0.2) is 78.9 Å². The first-order valence-electron chi connectivity index (χ1n) is 9.38. The molecular weight excluding hydrogens is 346 g/mol. The van der Waals surface area contributed by atoms with Crippen molar-refractivity contribution in [1.82, 2.24) is 5.32 Å². The number of hydrogen-bond donors (Lipinski definition) is 1. The van der Waals surface area contributed by atoms with Gasteiger partial charge in [0.15, 0.2) is 0 Å². The second-order valence-electron chi connectivity index (χ2n) is 6.84. The average Bonchev–Trinajstić information content (AvgIpc) is 3.06. The topological polar surface area (TPSA) is 38.3 Å². The van der Waals surface area contributed by atoms with Gasteiger partial charge in [0.2, 0.25) is 0 Å². The summed E-state index contributed by atoms with van der Waals surface area (Å²) in [5.41, 5.74) is 5.77. The molecule has 0 aromatic heterocycles. The number of ether oxygens (including phenoxy) is 1. The summed E-state index contributed by atoms with van der Waals surface area (Å²) >= 11 is 0. The molecule has 0 aliphatic heterocycles. The van der Waals surface area contributed by atoms with Crippen LogP contribution in [0.2, 0.25) is 0 Å². The van der Waals surface area contributed by atoms with E-state index in [1.165, 1.54) is 22.3 Å². The van der Waals surface area contributed by atoms with E-state index in [-0.39, 0.29) is 18.6 Å². The van der Waals surface area contributed by atoms with Crippen LogP contribution in [0.3, 0.4) is 0 Å². The Balaban J connectivity index is 1.47. The van der Waals surface area contributed by atoms with Gasteiger partial charge in [-0.15, -0.1) is 12.3 Å². The largest absolute Gasteiger partial charge is 0.449 e. The molecule has 4 rings (SSSR count). The molecule has 3 aromatic rings. The molecule has 0 saturated carbocycles. The Bertz CT molecular complexity index is 974. The molecule has 0 bridgehead atoms. The third-order valence-corrected chi connectivity index (χ3v) is 5.16. The van der Waals surface area contributed by atoms with Crippen molar-refractivity contribution in [3.05, 3.63) is 95.6 Å². The van der Waals surface area contributed by atoms with Gasteiger partial charge < -0.3 is 10.1 Å². The SMILES string of the molecule is C#CCC(NC(=O)OCC1c2ccccc2-c2ccccc21)c1ccccc1. The van der Waals surface area contributed by atoms with Gasteiger partial charge in [-0.3, -0.25) is 0 Å². The first-order chi connectivity index (χ1) is 13.8. The van der Waals surface area contributed by atoms with Gasteiger partial charge in [-0.1, -0.05) is 78.9 Å². The quantitative estimate of drug-likeness (QED) is 0.622. The molecule has 1 aliphatic rings. The standard InChI is InChI=1S/C25H21NO2/c1-2-10-24(18-11-4-3-5-12-18)26-25(27)28-17-23-21-15-8-6-13-19(21)20-14-7-9-16-22(20)23/h1,3-9,11-16,23-24H,10,17H2,(H,26,27). The molecule has 3 nitrogen and oxygen atoms in total. The van der Waals surface area contributed by atoms with Gasteiger partial charge in [0, 0.05) is 12.3 Å². The second kappa shape index (κ2) is 8.02. The highest BCUT2D eigenvalue weighted by molar-refractivity contribution is 5.79. The van der Waals surface area contributed by atoms with E-state index in [2.05, 4.69) is 35.5 Å². The van der Waals surface area contributed by atoms with E-state index in [1.807, 2.05) is 54.6 Å². The summed E-state index contributed by atoms with van der Waals surface area (Å²) in [6.45, 7) is 0.289. The van der Waals surface area contributed by atoms with Crippen molar-refractivity contribution in [2.24, 2.45) is 0 Å². The number of alkyl carbamates (subject to hydrolysis) is 1. The summed E-state index contributed by atoms with van der Waals surface area (Å²) < 4.78 is 5.62. The van der Waals surface area contributed by atoms with Crippen LogP contribution in [0.25, 0.3) is 11.1 Å². The van der Waals surface area contributed by atoms with Gasteiger partial charge in [0.25, 0.3) is 0 Å². The van der Waals surface area contributed by atoms with Crippen molar-refractivity contribution in [3.63, 3.8) is 0 Å². The van der Waals surface area contributed by atoms with Gasteiger partial charge in [0.05, 0.1) is 6.04 Å². The molecule has 3 heteroatoms. The summed E-state index contributed by atoms with van der Waals surface area (Å²) in [4.78, 5) is 12.5. The molecule has 0 saturated heterocycles. The van der Waals surface area contributed by atoms with Gasteiger partial charge in [-0.25, -0.2) is 4.79 Å². The van der Waals surface area contributed by atoms with Crippen molar-refractivity contribution < 1.29 is 9.53 Å². The van der Waals surface area contributed by atoms with E-state index in [0.29, 0.717) is 6.42 Å². The zero-order valence-corrected chi connectivity index (χ0v) is 15.5. The molecule has 1 amide bonds. The van der Waals surface area contributed by atoms with E-state index in [0.717, 1.165) is 5.56 Å². The Labute approximate surface area is 165 Å². The van der Waals surface area contributed by atoms with Gasteiger partial charge in [-0.2, -0.15) is 0 Å². The zero-order chi connectivity index (χ0) is 19.3. The fraction of sp³-hybridized carbons (Fsp3) is 0.160. The number of carbonyl (C=O) groups excluding carboxylic acids is 1. The third kappa shape index (κ3) is 3.50. The first-order valence-corrected chi connectivity index (χ1v) is 9.38. The number of amides is 1. The minimum absolute atomic E-state index is 0.0426. The van der Waals surface area contributed by atoms with Crippen molar-refractivity contribution in [2.45, 2.75) is 18.4 Å². The number of terminal acetylenes is 1. The van der Waals surface area contributed by atoms with Crippen LogP contribution >= 0.6 is 0 Å². The van der Waals surface area contributed by atoms with Gasteiger partial charge in [0.1, 0.15) is 6.61 Å². The maximum atomic E-state index is 12.5. The van der Waals surface area contributed by atoms with E-state index >= 15 is 0 Å². The fourth-order valence-corrected chi connectivity index (χ4v) is 3.84. The smallest absolute Gasteiger partial charge is 0.407 e. The van der Waals surface area contributed by atoms with Crippen LogP contribution in [-0.4, -0.2) is 12.7 Å². The zero-order valence-electron chi connectivity index (χ0n) is 15.5. The Hall–Kier alpha value is -3.51. The average molecular weight is 367 g/mol. The molecule has 1 unspecified atom stereocenters. The summed E-state index contributed by atoms with van der Waals surface area (Å²) in [6.07, 6.45) is 5.44. The van der Waals surface area contributed by atoms with Gasteiger partial charge in [-0.05, 0) is 27.8 Å². The molecule has 28 heavy (non-hydrogen) atoms. The Morgan fingerprint density at radius 3 is 2.11 bits per heavy atom. The number of nitrogens with one attached hydrogen (secondary N) is 1. The number of hydrogen-bond acceptors (Lipinski definition) is 2. The Morgan fingerprint density at radius 2 is 1.50 bits per heavy atom. The first kappa shape index (κ1) is 17.9. The van der Waals surface area contributed by atoms with Crippen molar-refractivity contribution in [2.75, 3.05) is 6.61 Å². The molecule has 0 spiro atoms. The number of benzene rings is 3. The highest BCUT2D eigenvalue weighted by atomic mass is 16.5. The summed E-state index contributed by atoms with van der Waals surface area (Å²) in [6, 6.07) is 26.0. The molecule has 1 N–H and O–H groups in total. The molecular formula is C25H21NO2. The molecule has 0 heterocycles. The molecule has 1 aliphatic carbocycles. The summed E-state index contributed by atoms with van der Waals surface area (Å²) in [5, 5.41) is 2.90. The number of rotatable bonds is 5. The summed E-state index contributed by atoms with van der Waals surface area (Å²) in [7, 11) is 0. The maximum absolute atomic E-state index is 12.5. The van der Waals surface area contributed by atoms with Crippen LogP contribution in [0.5, 0.6) is 0 Å².